The quantitative estimate of drug-likeness (QED) is 0.804. The molecule has 0 saturated carbocycles. The molecule has 24 heavy (non-hydrogen) atoms. The Morgan fingerprint density at radius 3 is 2.50 bits per heavy atom. The van der Waals surface area contributed by atoms with Gasteiger partial charge >= 0.3 is 0 Å². The number of carbonyl (C=O) groups is 1. The monoisotopic (exact) mass is 348 g/mol. The first-order valence-electron chi connectivity index (χ1n) is 7.38. The molecule has 0 saturated heterocycles. The van der Waals surface area contributed by atoms with Crippen LogP contribution in [0.1, 0.15) is 18.5 Å². The van der Waals surface area contributed by atoms with Gasteiger partial charge in [-0.25, -0.2) is 8.42 Å². The first kappa shape index (κ1) is 17.8. The molecule has 0 heterocycles. The van der Waals surface area contributed by atoms with Crippen molar-refractivity contribution >= 4 is 21.6 Å². The van der Waals surface area contributed by atoms with E-state index in [-0.39, 0.29) is 18.6 Å². The Morgan fingerprint density at radius 1 is 1.12 bits per heavy atom. The van der Waals surface area contributed by atoms with Crippen molar-refractivity contribution in [3.63, 3.8) is 0 Å². The third-order valence-corrected chi connectivity index (χ3v) is 3.79. The molecule has 2 N–H and O–H groups in total. The first-order valence-corrected chi connectivity index (χ1v) is 9.27. The topological polar surface area (TPSA) is 84.5 Å². The number of amides is 1. The van der Waals surface area contributed by atoms with E-state index in [2.05, 4.69) is 10.0 Å². The molecule has 0 aliphatic heterocycles. The van der Waals surface area contributed by atoms with Gasteiger partial charge in [-0.1, -0.05) is 30.3 Å². The summed E-state index contributed by atoms with van der Waals surface area (Å²) in [7, 11) is -3.34. The molecule has 2 aromatic rings. The van der Waals surface area contributed by atoms with E-state index in [0.717, 1.165) is 11.8 Å². The SMILES string of the molecule is CC(NC(=O)COc1ccccc1)c1cccc(NS(C)(=O)=O)c1. The number of rotatable bonds is 7. The van der Waals surface area contributed by atoms with E-state index < -0.39 is 10.0 Å². The van der Waals surface area contributed by atoms with Crippen LogP contribution in [0.3, 0.4) is 0 Å². The lowest BCUT2D eigenvalue weighted by atomic mass is 10.1. The minimum atomic E-state index is -3.34. The summed E-state index contributed by atoms with van der Waals surface area (Å²) in [5.74, 6) is 0.368. The second kappa shape index (κ2) is 7.83. The third kappa shape index (κ3) is 5.92. The zero-order valence-electron chi connectivity index (χ0n) is 13.5. The summed E-state index contributed by atoms with van der Waals surface area (Å²) >= 11 is 0. The molecule has 0 aliphatic carbocycles. The van der Waals surface area contributed by atoms with Crippen molar-refractivity contribution < 1.29 is 17.9 Å². The molecule has 0 bridgehead atoms. The minimum Gasteiger partial charge on any atom is -0.484 e. The maximum Gasteiger partial charge on any atom is 0.258 e. The number of ether oxygens (including phenoxy) is 1. The second-order valence-electron chi connectivity index (χ2n) is 5.39. The van der Waals surface area contributed by atoms with Crippen LogP contribution in [-0.2, 0) is 14.8 Å². The smallest absolute Gasteiger partial charge is 0.258 e. The number of para-hydroxylation sites is 1. The average molecular weight is 348 g/mol. The zero-order chi connectivity index (χ0) is 17.6. The lowest BCUT2D eigenvalue weighted by Crippen LogP contribution is -2.31. The van der Waals surface area contributed by atoms with E-state index in [1.807, 2.05) is 31.2 Å². The Labute approximate surface area is 141 Å². The summed E-state index contributed by atoms with van der Waals surface area (Å²) in [6.07, 6.45) is 1.09. The number of carbonyl (C=O) groups excluding carboxylic acids is 1. The lowest BCUT2D eigenvalue weighted by molar-refractivity contribution is -0.123. The van der Waals surface area contributed by atoms with E-state index in [1.165, 1.54) is 0 Å². The van der Waals surface area contributed by atoms with Gasteiger partial charge < -0.3 is 10.1 Å². The van der Waals surface area contributed by atoms with Crippen LogP contribution in [-0.4, -0.2) is 27.2 Å². The average Bonchev–Trinajstić information content (AvgIpc) is 2.52. The van der Waals surface area contributed by atoms with E-state index in [4.69, 9.17) is 4.74 Å². The van der Waals surface area contributed by atoms with Gasteiger partial charge in [-0.15, -0.1) is 0 Å². The van der Waals surface area contributed by atoms with Gasteiger partial charge in [0, 0.05) is 5.69 Å². The highest BCUT2D eigenvalue weighted by Gasteiger charge is 2.11. The molecule has 0 fully saturated rings. The highest BCUT2D eigenvalue weighted by Crippen LogP contribution is 2.18. The number of anilines is 1. The molecule has 0 aromatic heterocycles. The van der Waals surface area contributed by atoms with Gasteiger partial charge in [-0.3, -0.25) is 9.52 Å². The van der Waals surface area contributed by atoms with Crippen molar-refractivity contribution in [3.8, 4) is 5.75 Å². The van der Waals surface area contributed by atoms with Gasteiger partial charge in [-0.2, -0.15) is 0 Å². The first-order chi connectivity index (χ1) is 11.3. The number of sulfonamides is 1. The van der Waals surface area contributed by atoms with Gasteiger partial charge in [0.1, 0.15) is 5.75 Å². The number of hydrogen-bond donors (Lipinski definition) is 2. The molecular formula is C17H20N2O4S. The molecule has 2 rings (SSSR count). The number of benzene rings is 2. The van der Waals surface area contributed by atoms with Crippen LogP contribution in [0.15, 0.2) is 54.6 Å². The molecule has 7 heteroatoms. The van der Waals surface area contributed by atoms with E-state index in [0.29, 0.717) is 11.4 Å². The highest BCUT2D eigenvalue weighted by molar-refractivity contribution is 7.92. The highest BCUT2D eigenvalue weighted by atomic mass is 32.2. The Bertz CT molecular complexity index is 791. The Hall–Kier alpha value is -2.54. The maximum absolute atomic E-state index is 12.0. The van der Waals surface area contributed by atoms with Gasteiger partial charge in [-0.05, 0) is 36.8 Å². The van der Waals surface area contributed by atoms with Gasteiger partial charge in [0.05, 0.1) is 12.3 Å². The zero-order valence-corrected chi connectivity index (χ0v) is 14.3. The Morgan fingerprint density at radius 2 is 1.83 bits per heavy atom. The molecular weight excluding hydrogens is 328 g/mol. The predicted octanol–water partition coefficient (Wildman–Crippen LogP) is 2.31. The van der Waals surface area contributed by atoms with Gasteiger partial charge in [0.25, 0.3) is 5.91 Å². The third-order valence-electron chi connectivity index (χ3n) is 3.18. The minimum absolute atomic E-state index is 0.0877. The van der Waals surface area contributed by atoms with Gasteiger partial charge in [0.15, 0.2) is 6.61 Å². The maximum atomic E-state index is 12.0. The summed E-state index contributed by atoms with van der Waals surface area (Å²) in [5.41, 5.74) is 1.24. The normalized spacial score (nSPS) is 12.2. The molecule has 0 spiro atoms. The van der Waals surface area contributed by atoms with Crippen LogP contribution < -0.4 is 14.8 Å². The van der Waals surface area contributed by atoms with Crippen molar-refractivity contribution in [1.29, 1.82) is 0 Å². The molecule has 0 radical (unpaired) electrons. The van der Waals surface area contributed by atoms with Crippen molar-refractivity contribution in [2.75, 3.05) is 17.6 Å². The summed E-state index contributed by atoms with van der Waals surface area (Å²) in [5, 5.41) is 2.82. The Kier molecular flexibility index (Phi) is 5.81. The van der Waals surface area contributed by atoms with Crippen LogP contribution in [0.4, 0.5) is 5.69 Å². The summed E-state index contributed by atoms with van der Waals surface area (Å²) in [6, 6.07) is 15.7. The molecule has 0 aliphatic rings. The molecule has 2 aromatic carbocycles. The number of hydrogen-bond acceptors (Lipinski definition) is 4. The predicted molar refractivity (Wildman–Crippen MR) is 93.4 cm³/mol. The molecule has 1 unspecified atom stereocenters. The largest absolute Gasteiger partial charge is 0.484 e. The number of nitrogens with one attached hydrogen (secondary N) is 2. The van der Waals surface area contributed by atoms with Crippen molar-refractivity contribution in [2.45, 2.75) is 13.0 Å². The second-order valence-corrected chi connectivity index (χ2v) is 7.14. The fourth-order valence-electron chi connectivity index (χ4n) is 2.12. The molecule has 128 valence electrons. The van der Waals surface area contributed by atoms with Crippen molar-refractivity contribution in [1.82, 2.24) is 5.32 Å². The van der Waals surface area contributed by atoms with E-state index in [9.17, 15) is 13.2 Å². The van der Waals surface area contributed by atoms with E-state index >= 15 is 0 Å². The fourth-order valence-corrected chi connectivity index (χ4v) is 2.67. The van der Waals surface area contributed by atoms with Crippen LogP contribution in [0.2, 0.25) is 0 Å². The summed E-state index contributed by atoms with van der Waals surface area (Å²) in [6.45, 7) is 1.73. The fraction of sp³-hybridized carbons (Fsp3) is 0.235. The molecule has 6 nitrogen and oxygen atoms in total. The summed E-state index contributed by atoms with van der Waals surface area (Å²) in [4.78, 5) is 12.0. The Balaban J connectivity index is 1.93. The van der Waals surface area contributed by atoms with Crippen LogP contribution in [0, 0.1) is 0 Å². The molecule has 1 atom stereocenters. The summed E-state index contributed by atoms with van der Waals surface area (Å²) < 4.78 is 30.4. The molecule has 1 amide bonds. The van der Waals surface area contributed by atoms with Crippen molar-refractivity contribution in [3.05, 3.63) is 60.2 Å². The standard InChI is InChI=1S/C17H20N2O4S/c1-13(14-7-6-8-15(11-14)19-24(2,21)22)18-17(20)12-23-16-9-4-3-5-10-16/h3-11,13,19H,12H2,1-2H3,(H,18,20). The van der Waals surface area contributed by atoms with Crippen LogP contribution >= 0.6 is 0 Å². The van der Waals surface area contributed by atoms with Crippen LogP contribution in [0.5, 0.6) is 5.75 Å². The van der Waals surface area contributed by atoms with Crippen LogP contribution in [0.25, 0.3) is 0 Å². The lowest BCUT2D eigenvalue weighted by Gasteiger charge is -2.16. The van der Waals surface area contributed by atoms with E-state index in [1.54, 1.807) is 30.3 Å². The van der Waals surface area contributed by atoms with Gasteiger partial charge in [0.2, 0.25) is 10.0 Å². The van der Waals surface area contributed by atoms with Crippen molar-refractivity contribution in [2.24, 2.45) is 0 Å².